The Hall–Kier alpha value is -2.11. The fraction of sp³-hybridized carbons (Fsp3) is 0.462. The van der Waals surface area contributed by atoms with Crippen molar-refractivity contribution in [3.63, 3.8) is 0 Å². The number of para-hydroxylation sites is 1. The smallest absolute Gasteiger partial charge is 0.311 e. The Balaban J connectivity index is 2.79. The van der Waals surface area contributed by atoms with Crippen LogP contribution in [0.2, 0.25) is 0 Å². The topological polar surface area (TPSA) is 89.7 Å². The van der Waals surface area contributed by atoms with Gasteiger partial charge in [-0.15, -0.1) is 0 Å². The molecule has 0 spiro atoms. The molecule has 104 valence electrons. The molecule has 0 saturated carbocycles. The second kappa shape index (κ2) is 5.69. The van der Waals surface area contributed by atoms with Gasteiger partial charge in [0, 0.05) is 6.07 Å². The Morgan fingerprint density at radius 1 is 1.47 bits per heavy atom. The van der Waals surface area contributed by atoms with E-state index in [2.05, 4.69) is 0 Å². The normalized spacial score (nSPS) is 11.1. The van der Waals surface area contributed by atoms with E-state index in [1.165, 1.54) is 6.07 Å². The van der Waals surface area contributed by atoms with Crippen LogP contribution in [0.5, 0.6) is 5.75 Å². The first-order valence-electron chi connectivity index (χ1n) is 5.86. The van der Waals surface area contributed by atoms with E-state index in [-0.39, 0.29) is 24.5 Å². The molecule has 0 aliphatic heterocycles. The number of ether oxygens (including phenoxy) is 1. The number of benzene rings is 1. The van der Waals surface area contributed by atoms with Crippen LogP contribution in [0.15, 0.2) is 18.2 Å². The highest BCUT2D eigenvalue weighted by atomic mass is 16.6. The highest BCUT2D eigenvalue weighted by Gasteiger charge is 2.27. The summed E-state index contributed by atoms with van der Waals surface area (Å²) in [6, 6.07) is 4.66. The summed E-state index contributed by atoms with van der Waals surface area (Å²) in [5.41, 5.74) is -0.368. The molecular weight excluding hydrogens is 250 g/mol. The highest BCUT2D eigenvalue weighted by molar-refractivity contribution is 5.73. The Morgan fingerprint density at radius 2 is 2.11 bits per heavy atom. The molecule has 1 rings (SSSR count). The van der Waals surface area contributed by atoms with Crippen LogP contribution < -0.4 is 4.74 Å². The van der Waals surface area contributed by atoms with Crippen LogP contribution in [0.1, 0.15) is 25.8 Å². The van der Waals surface area contributed by atoms with Gasteiger partial charge in [0.1, 0.15) is 0 Å². The molecule has 0 aliphatic rings. The molecule has 1 aromatic carbocycles. The van der Waals surface area contributed by atoms with Crippen LogP contribution in [-0.4, -0.2) is 22.6 Å². The second-order valence-corrected chi connectivity index (χ2v) is 4.97. The van der Waals surface area contributed by atoms with Crippen LogP contribution in [0, 0.1) is 22.5 Å². The predicted molar refractivity (Wildman–Crippen MR) is 69.4 cm³/mol. The number of rotatable bonds is 6. The first-order valence-corrected chi connectivity index (χ1v) is 5.86. The summed E-state index contributed by atoms with van der Waals surface area (Å²) in [4.78, 5) is 21.3. The molecule has 0 radical (unpaired) electrons. The molecule has 6 nitrogen and oxygen atoms in total. The summed E-state index contributed by atoms with van der Waals surface area (Å²) in [7, 11) is 0. The van der Waals surface area contributed by atoms with Crippen LogP contribution in [0.3, 0.4) is 0 Å². The number of nitro groups is 1. The van der Waals surface area contributed by atoms with Gasteiger partial charge in [0.05, 0.1) is 16.9 Å². The van der Waals surface area contributed by atoms with Crippen LogP contribution in [0.25, 0.3) is 0 Å². The lowest BCUT2D eigenvalue weighted by molar-refractivity contribution is -0.385. The first kappa shape index (κ1) is 14.9. The summed E-state index contributed by atoms with van der Waals surface area (Å²) < 4.78 is 5.41. The summed E-state index contributed by atoms with van der Waals surface area (Å²) in [5.74, 6) is -0.718. The number of hydrogen-bond acceptors (Lipinski definition) is 4. The van der Waals surface area contributed by atoms with Crippen molar-refractivity contribution in [2.75, 3.05) is 6.61 Å². The third-order valence-electron chi connectivity index (χ3n) is 2.94. The van der Waals surface area contributed by atoms with Crippen molar-refractivity contribution in [3.05, 3.63) is 33.9 Å². The van der Waals surface area contributed by atoms with Crippen LogP contribution in [-0.2, 0) is 4.79 Å². The van der Waals surface area contributed by atoms with Crippen molar-refractivity contribution in [2.24, 2.45) is 5.41 Å². The molecule has 1 N–H and O–H groups in total. The number of nitrogens with zero attached hydrogens (tertiary/aromatic N) is 1. The van der Waals surface area contributed by atoms with Gasteiger partial charge in [0.15, 0.2) is 5.75 Å². The number of aliphatic carboxylic acids is 1. The monoisotopic (exact) mass is 267 g/mol. The van der Waals surface area contributed by atoms with Gasteiger partial charge in [0.25, 0.3) is 0 Å². The van der Waals surface area contributed by atoms with Crippen molar-refractivity contribution < 1.29 is 19.6 Å². The number of nitro benzene ring substituents is 1. The Kier molecular flexibility index (Phi) is 4.47. The largest absolute Gasteiger partial charge is 0.487 e. The van der Waals surface area contributed by atoms with Gasteiger partial charge in [-0.1, -0.05) is 12.1 Å². The zero-order valence-corrected chi connectivity index (χ0v) is 11.2. The van der Waals surface area contributed by atoms with E-state index in [0.717, 1.165) is 0 Å². The minimum absolute atomic E-state index is 0.104. The third kappa shape index (κ3) is 3.67. The molecule has 0 fully saturated rings. The Bertz CT molecular complexity index is 496. The summed E-state index contributed by atoms with van der Waals surface area (Å²) in [6.45, 7) is 5.01. The summed E-state index contributed by atoms with van der Waals surface area (Å²) in [6.07, 6.45) is 0.272. The number of carbonyl (C=O) groups is 1. The fourth-order valence-corrected chi connectivity index (χ4v) is 1.48. The number of carboxylic acids is 1. The van der Waals surface area contributed by atoms with Gasteiger partial charge in [-0.3, -0.25) is 14.9 Å². The number of hydrogen-bond donors (Lipinski definition) is 1. The molecule has 0 heterocycles. The molecule has 0 aliphatic carbocycles. The van der Waals surface area contributed by atoms with Crippen molar-refractivity contribution in [3.8, 4) is 5.75 Å². The van der Waals surface area contributed by atoms with Crippen molar-refractivity contribution in [1.29, 1.82) is 0 Å². The van der Waals surface area contributed by atoms with Gasteiger partial charge in [-0.25, -0.2) is 0 Å². The number of carboxylic acid groups (broad SMARTS) is 1. The van der Waals surface area contributed by atoms with E-state index in [1.54, 1.807) is 32.9 Å². The second-order valence-electron chi connectivity index (χ2n) is 4.97. The van der Waals surface area contributed by atoms with E-state index in [9.17, 15) is 14.9 Å². The maximum Gasteiger partial charge on any atom is 0.311 e. The lowest BCUT2D eigenvalue weighted by Crippen LogP contribution is -2.26. The Morgan fingerprint density at radius 3 is 2.63 bits per heavy atom. The molecule has 19 heavy (non-hydrogen) atoms. The van der Waals surface area contributed by atoms with Crippen LogP contribution in [0.4, 0.5) is 5.69 Å². The zero-order chi connectivity index (χ0) is 14.6. The highest BCUT2D eigenvalue weighted by Crippen LogP contribution is 2.31. The SMILES string of the molecule is Cc1cccc([N+](=O)[O-])c1OCCC(C)(C)C(=O)O. The van der Waals surface area contributed by atoms with E-state index in [1.807, 2.05) is 0 Å². The van der Waals surface area contributed by atoms with Crippen LogP contribution >= 0.6 is 0 Å². The lowest BCUT2D eigenvalue weighted by atomic mass is 9.90. The van der Waals surface area contributed by atoms with Gasteiger partial charge in [0.2, 0.25) is 0 Å². The quantitative estimate of drug-likeness (QED) is 0.632. The molecule has 0 unspecified atom stereocenters. The van der Waals surface area contributed by atoms with Gasteiger partial charge < -0.3 is 9.84 Å². The van der Waals surface area contributed by atoms with Gasteiger partial charge >= 0.3 is 11.7 Å². The molecule has 6 heteroatoms. The van der Waals surface area contributed by atoms with Gasteiger partial charge in [-0.2, -0.15) is 0 Å². The molecule has 0 saturated heterocycles. The van der Waals surface area contributed by atoms with E-state index in [4.69, 9.17) is 9.84 Å². The third-order valence-corrected chi connectivity index (χ3v) is 2.94. The minimum Gasteiger partial charge on any atom is -0.487 e. The van der Waals surface area contributed by atoms with Gasteiger partial charge in [-0.05, 0) is 32.8 Å². The molecule has 0 bridgehead atoms. The average Bonchev–Trinajstić information content (AvgIpc) is 2.30. The van der Waals surface area contributed by atoms with Crippen molar-refractivity contribution >= 4 is 11.7 Å². The average molecular weight is 267 g/mol. The van der Waals surface area contributed by atoms with Crippen molar-refractivity contribution in [1.82, 2.24) is 0 Å². The standard InChI is InChI=1S/C13H17NO5/c1-9-5-4-6-10(14(17)18)11(9)19-8-7-13(2,3)12(15)16/h4-6H,7-8H2,1-3H3,(H,15,16). The lowest BCUT2D eigenvalue weighted by Gasteiger charge is -2.19. The molecule has 0 atom stereocenters. The number of aryl methyl sites for hydroxylation is 1. The maximum atomic E-state index is 10.9. The van der Waals surface area contributed by atoms with E-state index in [0.29, 0.717) is 5.56 Å². The molecular formula is C13H17NO5. The Labute approximate surface area is 111 Å². The van der Waals surface area contributed by atoms with E-state index >= 15 is 0 Å². The predicted octanol–water partition coefficient (Wildman–Crippen LogP) is 2.78. The molecule has 0 amide bonds. The summed E-state index contributed by atoms with van der Waals surface area (Å²) in [5, 5.41) is 19.8. The minimum atomic E-state index is -0.921. The maximum absolute atomic E-state index is 10.9. The molecule has 0 aromatic heterocycles. The van der Waals surface area contributed by atoms with E-state index < -0.39 is 16.3 Å². The summed E-state index contributed by atoms with van der Waals surface area (Å²) >= 11 is 0. The zero-order valence-electron chi connectivity index (χ0n) is 11.2. The first-order chi connectivity index (χ1) is 8.75. The van der Waals surface area contributed by atoms with Crippen molar-refractivity contribution in [2.45, 2.75) is 27.2 Å². The fourth-order valence-electron chi connectivity index (χ4n) is 1.48. The molecule has 1 aromatic rings.